The molecule has 0 spiro atoms. The zero-order valence-electron chi connectivity index (χ0n) is 17.4. The first kappa shape index (κ1) is 21.1. The fourth-order valence-corrected chi connectivity index (χ4v) is 3.61. The van der Waals surface area contributed by atoms with Crippen LogP contribution in [0.15, 0.2) is 34.9 Å². The molecule has 0 bridgehead atoms. The minimum absolute atomic E-state index is 0.00764. The van der Waals surface area contributed by atoms with E-state index < -0.39 is 35.5 Å². The quantitative estimate of drug-likeness (QED) is 0.539. The van der Waals surface area contributed by atoms with Crippen molar-refractivity contribution in [1.29, 1.82) is 5.26 Å². The Hall–Kier alpha value is -3.81. The number of nitriles is 1. The molecule has 2 amide bonds. The summed E-state index contributed by atoms with van der Waals surface area (Å²) in [4.78, 5) is 30.3. The molecule has 9 nitrogen and oxygen atoms in total. The number of alkyl halides is 2. The van der Waals surface area contributed by atoms with Crippen LogP contribution in [-0.2, 0) is 11.2 Å². The van der Waals surface area contributed by atoms with Crippen molar-refractivity contribution in [2.75, 3.05) is 0 Å². The first-order valence-electron chi connectivity index (χ1n) is 10.6. The number of amides is 2. The van der Waals surface area contributed by atoms with Crippen molar-refractivity contribution in [2.24, 2.45) is 0 Å². The van der Waals surface area contributed by atoms with Gasteiger partial charge in [-0.15, -0.1) is 0 Å². The van der Waals surface area contributed by atoms with E-state index in [4.69, 9.17) is 4.42 Å². The molecule has 1 atom stereocenters. The van der Waals surface area contributed by atoms with Gasteiger partial charge in [-0.3, -0.25) is 14.3 Å². The van der Waals surface area contributed by atoms with Crippen LogP contribution in [0.25, 0.3) is 11.1 Å². The van der Waals surface area contributed by atoms with Crippen molar-refractivity contribution >= 4 is 22.9 Å². The van der Waals surface area contributed by atoms with Gasteiger partial charge in [0.15, 0.2) is 11.5 Å². The Morgan fingerprint density at radius 3 is 2.70 bits per heavy atom. The molecule has 1 unspecified atom stereocenters. The molecular formula is C22H20F2N6O3. The molecule has 0 saturated heterocycles. The molecule has 2 aliphatic carbocycles. The molecule has 170 valence electrons. The molecule has 2 aromatic heterocycles. The van der Waals surface area contributed by atoms with Crippen LogP contribution >= 0.6 is 0 Å². The van der Waals surface area contributed by atoms with E-state index in [0.29, 0.717) is 23.9 Å². The number of aromatic nitrogens is 3. The number of hydrogen-bond donors (Lipinski definition) is 2. The molecule has 0 radical (unpaired) electrons. The Kier molecular flexibility index (Phi) is 5.08. The summed E-state index contributed by atoms with van der Waals surface area (Å²) in [7, 11) is 0. The summed E-state index contributed by atoms with van der Waals surface area (Å²) in [6, 6.07) is 7.90. The van der Waals surface area contributed by atoms with Gasteiger partial charge in [-0.05, 0) is 37.8 Å². The lowest BCUT2D eigenvalue weighted by molar-refractivity contribution is -0.123. The van der Waals surface area contributed by atoms with Crippen molar-refractivity contribution in [2.45, 2.75) is 56.2 Å². The van der Waals surface area contributed by atoms with E-state index in [0.717, 1.165) is 12.8 Å². The highest BCUT2D eigenvalue weighted by atomic mass is 19.3. The predicted octanol–water partition coefficient (Wildman–Crippen LogP) is 2.81. The zero-order chi connectivity index (χ0) is 23.2. The van der Waals surface area contributed by atoms with E-state index in [-0.39, 0.29) is 23.9 Å². The third kappa shape index (κ3) is 4.28. The number of carbonyl (C=O) groups excluding carboxylic acids is 2. The molecule has 11 heteroatoms. The van der Waals surface area contributed by atoms with Crippen LogP contribution in [-0.4, -0.2) is 38.2 Å². The Balaban J connectivity index is 1.40. The smallest absolute Gasteiger partial charge is 0.282 e. The average molecular weight is 454 g/mol. The van der Waals surface area contributed by atoms with Gasteiger partial charge in [0.1, 0.15) is 22.8 Å². The van der Waals surface area contributed by atoms with Crippen LogP contribution in [0.4, 0.5) is 8.78 Å². The Bertz CT molecular complexity index is 1240. The van der Waals surface area contributed by atoms with E-state index in [1.807, 2.05) is 0 Å². The Morgan fingerprint density at radius 1 is 1.30 bits per heavy atom. The minimum atomic E-state index is -2.94. The van der Waals surface area contributed by atoms with E-state index in [1.54, 1.807) is 24.3 Å². The highest BCUT2D eigenvalue weighted by molar-refractivity contribution is 5.98. The summed E-state index contributed by atoms with van der Waals surface area (Å²) < 4.78 is 34.1. The topological polar surface area (TPSA) is 126 Å². The van der Waals surface area contributed by atoms with Gasteiger partial charge in [0, 0.05) is 6.20 Å². The second-order valence-corrected chi connectivity index (χ2v) is 8.43. The maximum Gasteiger partial charge on any atom is 0.282 e. The largest absolute Gasteiger partial charge is 0.441 e. The predicted molar refractivity (Wildman–Crippen MR) is 110 cm³/mol. The van der Waals surface area contributed by atoms with Crippen molar-refractivity contribution in [3.8, 4) is 6.07 Å². The molecule has 2 heterocycles. The molecule has 3 aromatic rings. The number of halogens is 2. The van der Waals surface area contributed by atoms with Gasteiger partial charge in [0.2, 0.25) is 5.91 Å². The van der Waals surface area contributed by atoms with Gasteiger partial charge in [0.05, 0.1) is 24.1 Å². The van der Waals surface area contributed by atoms with Crippen LogP contribution in [0.1, 0.15) is 60.1 Å². The fourth-order valence-electron chi connectivity index (χ4n) is 3.61. The molecule has 5 rings (SSSR count). The normalized spacial score (nSPS) is 17.5. The molecule has 2 N–H and O–H groups in total. The summed E-state index contributed by atoms with van der Waals surface area (Å²) in [6.07, 6.45) is 0.859. The van der Waals surface area contributed by atoms with Crippen LogP contribution in [0.2, 0.25) is 0 Å². The summed E-state index contributed by atoms with van der Waals surface area (Å²) in [5, 5.41) is 18.4. The first-order chi connectivity index (χ1) is 15.9. The number of oxazole rings is 1. The molecule has 2 fully saturated rings. The van der Waals surface area contributed by atoms with E-state index >= 15 is 0 Å². The second-order valence-electron chi connectivity index (χ2n) is 8.43. The number of nitrogens with zero attached hydrogens (tertiary/aromatic N) is 4. The maximum atomic E-state index is 13.5. The van der Waals surface area contributed by atoms with Crippen molar-refractivity contribution < 1.29 is 22.8 Å². The number of carbonyl (C=O) groups is 2. The molecule has 33 heavy (non-hydrogen) atoms. The lowest BCUT2D eigenvalue weighted by Gasteiger charge is -2.19. The SMILES string of the molecule is N#CC1(NC(=O)C(Cc2nc3ccccc3o2)NC(=O)c2cn(C3CC3)nc2C(F)F)CC1. The standard InChI is InChI=1S/C22H20F2N6O3/c23-19(24)18-13(10-30(29-18)12-5-6-12)20(31)27-15(21(32)28-22(11-25)7-8-22)9-17-26-14-3-1-2-4-16(14)33-17/h1-4,10,12,15,19H,5-9H2,(H,27,31)(H,28,32). The van der Waals surface area contributed by atoms with Gasteiger partial charge >= 0.3 is 0 Å². The third-order valence-electron chi connectivity index (χ3n) is 5.80. The second kappa shape index (κ2) is 7.95. The maximum absolute atomic E-state index is 13.5. The summed E-state index contributed by atoms with van der Waals surface area (Å²) in [5.41, 5.74) is -0.782. The number of fused-ring (bicyclic) bond motifs is 1. The number of para-hydroxylation sites is 2. The van der Waals surface area contributed by atoms with Crippen LogP contribution in [0.5, 0.6) is 0 Å². The highest BCUT2D eigenvalue weighted by Gasteiger charge is 2.46. The molecule has 1 aromatic carbocycles. The van der Waals surface area contributed by atoms with Crippen LogP contribution < -0.4 is 10.6 Å². The Labute approximate surface area is 186 Å². The monoisotopic (exact) mass is 454 g/mol. The van der Waals surface area contributed by atoms with E-state index in [2.05, 4.69) is 26.8 Å². The number of rotatable bonds is 8. The number of benzene rings is 1. The lowest BCUT2D eigenvalue weighted by Crippen LogP contribution is -2.51. The summed E-state index contributed by atoms with van der Waals surface area (Å²) in [5.74, 6) is -1.27. The van der Waals surface area contributed by atoms with E-state index in [9.17, 15) is 23.6 Å². The molecular weight excluding hydrogens is 434 g/mol. The van der Waals surface area contributed by atoms with Gasteiger partial charge < -0.3 is 15.1 Å². The number of nitrogens with one attached hydrogen (secondary N) is 2. The third-order valence-corrected chi connectivity index (χ3v) is 5.80. The zero-order valence-corrected chi connectivity index (χ0v) is 17.4. The van der Waals surface area contributed by atoms with E-state index in [1.165, 1.54) is 10.9 Å². The van der Waals surface area contributed by atoms with Gasteiger partial charge in [0.25, 0.3) is 12.3 Å². The first-order valence-corrected chi connectivity index (χ1v) is 10.6. The van der Waals surface area contributed by atoms with Crippen LogP contribution in [0.3, 0.4) is 0 Å². The van der Waals surface area contributed by atoms with Crippen LogP contribution in [0, 0.1) is 11.3 Å². The van der Waals surface area contributed by atoms with Crippen molar-refractivity contribution in [1.82, 2.24) is 25.4 Å². The van der Waals surface area contributed by atoms with Crippen molar-refractivity contribution in [3.63, 3.8) is 0 Å². The minimum Gasteiger partial charge on any atom is -0.441 e. The Morgan fingerprint density at radius 2 is 2.06 bits per heavy atom. The molecule has 2 aliphatic rings. The average Bonchev–Trinajstić information content (AvgIpc) is 3.70. The summed E-state index contributed by atoms with van der Waals surface area (Å²) >= 11 is 0. The highest BCUT2D eigenvalue weighted by Crippen LogP contribution is 2.36. The summed E-state index contributed by atoms with van der Waals surface area (Å²) in [6.45, 7) is 0. The molecule has 2 saturated carbocycles. The van der Waals surface area contributed by atoms with Gasteiger partial charge in [-0.2, -0.15) is 10.4 Å². The van der Waals surface area contributed by atoms with Gasteiger partial charge in [-0.25, -0.2) is 13.8 Å². The molecule has 0 aliphatic heterocycles. The van der Waals surface area contributed by atoms with Crippen molar-refractivity contribution in [3.05, 3.63) is 47.6 Å². The fraction of sp³-hybridized carbons (Fsp3) is 0.409. The number of hydrogen-bond acceptors (Lipinski definition) is 6. The lowest BCUT2D eigenvalue weighted by atomic mass is 10.1. The van der Waals surface area contributed by atoms with Gasteiger partial charge in [-0.1, -0.05) is 12.1 Å².